The molecule has 0 spiro atoms. The van der Waals surface area contributed by atoms with Crippen LogP contribution in [0.1, 0.15) is 36.0 Å². The Morgan fingerprint density at radius 2 is 1.68 bits per heavy atom. The molecule has 0 aliphatic heterocycles. The van der Waals surface area contributed by atoms with Crippen LogP contribution in [0.3, 0.4) is 0 Å². The van der Waals surface area contributed by atoms with Crippen LogP contribution < -0.4 is 14.2 Å². The van der Waals surface area contributed by atoms with Gasteiger partial charge in [0.25, 0.3) is 0 Å². The van der Waals surface area contributed by atoms with Gasteiger partial charge in [-0.2, -0.15) is 0 Å². The zero-order valence-electron chi connectivity index (χ0n) is 22.2. The summed E-state index contributed by atoms with van der Waals surface area (Å²) in [7, 11) is 0. The molecule has 0 bridgehead atoms. The van der Waals surface area contributed by atoms with Crippen LogP contribution in [-0.2, 0) is 6.61 Å². The van der Waals surface area contributed by atoms with E-state index in [0.29, 0.717) is 46.3 Å². The second-order valence-corrected chi connectivity index (χ2v) is 10.6. The topological polar surface area (TPSA) is 102 Å². The monoisotopic (exact) mass is 602 g/mol. The summed E-state index contributed by atoms with van der Waals surface area (Å²) in [6.45, 7) is 6.38. The molecule has 0 unspecified atom stereocenters. The van der Waals surface area contributed by atoms with E-state index in [2.05, 4.69) is 10.2 Å². The molecule has 4 aromatic rings. The molecule has 0 amide bonds. The highest BCUT2D eigenvalue weighted by molar-refractivity contribution is 7.99. The van der Waals surface area contributed by atoms with Crippen molar-refractivity contribution in [1.82, 2.24) is 14.8 Å². The second kappa shape index (κ2) is 13.7. The Labute approximate surface area is 246 Å². The molecule has 12 heteroatoms. The first kappa shape index (κ1) is 29.5. The van der Waals surface area contributed by atoms with Crippen molar-refractivity contribution in [1.29, 1.82) is 0 Å². The predicted molar refractivity (Wildman–Crippen MR) is 156 cm³/mol. The van der Waals surface area contributed by atoms with Gasteiger partial charge < -0.3 is 14.2 Å². The lowest BCUT2D eigenvalue weighted by Crippen LogP contribution is -2.12. The third-order valence-corrected chi connectivity index (χ3v) is 7.48. The lowest BCUT2D eigenvalue weighted by atomic mass is 10.1. The van der Waals surface area contributed by atoms with E-state index in [0.717, 1.165) is 17.0 Å². The van der Waals surface area contributed by atoms with Crippen molar-refractivity contribution >= 4 is 35.0 Å². The molecule has 0 aliphatic rings. The van der Waals surface area contributed by atoms with Gasteiger partial charge in [0, 0.05) is 15.6 Å². The van der Waals surface area contributed by atoms with Gasteiger partial charge in [-0.25, -0.2) is 0 Å². The molecule has 9 nitrogen and oxygen atoms in total. The van der Waals surface area contributed by atoms with Gasteiger partial charge in [0.15, 0.2) is 16.7 Å². The first-order chi connectivity index (χ1) is 19.3. The van der Waals surface area contributed by atoms with E-state index in [4.69, 9.17) is 37.4 Å². The Morgan fingerprint density at radius 1 is 0.975 bits per heavy atom. The molecule has 3 aromatic carbocycles. The summed E-state index contributed by atoms with van der Waals surface area (Å²) in [4.78, 5) is 11.4. The molecule has 1 aromatic heterocycles. The van der Waals surface area contributed by atoms with Crippen LogP contribution in [0, 0.1) is 17.0 Å². The maximum absolute atomic E-state index is 11.7. The highest BCUT2D eigenvalue weighted by atomic mass is 35.5. The minimum atomic E-state index is -0.637. The van der Waals surface area contributed by atoms with Crippen molar-refractivity contribution in [2.24, 2.45) is 0 Å². The Bertz CT molecular complexity index is 1450. The van der Waals surface area contributed by atoms with Gasteiger partial charge in [0.1, 0.15) is 23.4 Å². The van der Waals surface area contributed by atoms with E-state index in [-0.39, 0.29) is 23.1 Å². The second-order valence-electron chi connectivity index (χ2n) is 8.59. The van der Waals surface area contributed by atoms with E-state index >= 15 is 0 Å². The zero-order valence-corrected chi connectivity index (χ0v) is 24.5. The molecule has 0 N–H and O–H groups in total. The number of hydrogen-bond acceptors (Lipinski definition) is 8. The number of thioether (sulfide) groups is 1. The van der Waals surface area contributed by atoms with Crippen molar-refractivity contribution in [2.75, 3.05) is 19.8 Å². The first-order valence-corrected chi connectivity index (χ1v) is 14.2. The third-order valence-electron chi connectivity index (χ3n) is 5.76. The summed E-state index contributed by atoms with van der Waals surface area (Å²) in [6, 6.07) is 18.2. The van der Waals surface area contributed by atoms with Crippen molar-refractivity contribution < 1.29 is 19.1 Å². The Hall–Kier alpha value is -3.47. The molecule has 0 radical (unpaired) electrons. The first-order valence-electron chi connectivity index (χ1n) is 12.6. The number of aryl methyl sites for hydroxylation is 1. The van der Waals surface area contributed by atoms with Crippen LogP contribution >= 0.6 is 35.0 Å². The van der Waals surface area contributed by atoms with Crippen LogP contribution in [0.5, 0.6) is 17.2 Å². The van der Waals surface area contributed by atoms with Crippen LogP contribution in [0.25, 0.3) is 5.69 Å². The summed E-state index contributed by atoms with van der Waals surface area (Å²) < 4.78 is 19.2. The zero-order chi connectivity index (χ0) is 28.6. The average molecular weight is 604 g/mol. The van der Waals surface area contributed by atoms with E-state index in [1.54, 1.807) is 24.3 Å². The quantitative estimate of drug-likeness (QED) is 0.0887. The Kier molecular flexibility index (Phi) is 10.1. The molecular weight excluding hydrogens is 575 g/mol. The molecule has 0 aliphatic carbocycles. The average Bonchev–Trinajstić information content (AvgIpc) is 3.29. The molecular formula is C28H28Cl2N4O5S. The molecule has 40 heavy (non-hydrogen) atoms. The van der Waals surface area contributed by atoms with Crippen molar-refractivity contribution in [3.05, 3.63) is 97.8 Å². The molecule has 1 heterocycles. The van der Waals surface area contributed by atoms with Gasteiger partial charge in [-0.1, -0.05) is 47.1 Å². The summed E-state index contributed by atoms with van der Waals surface area (Å²) >= 11 is 13.9. The van der Waals surface area contributed by atoms with Crippen molar-refractivity contribution in [3.8, 4) is 22.9 Å². The summed E-state index contributed by atoms with van der Waals surface area (Å²) in [5, 5.41) is 21.0. The van der Waals surface area contributed by atoms with Crippen LogP contribution in [0.4, 0.5) is 0 Å². The normalized spacial score (nSPS) is 11.7. The smallest absolute Gasteiger partial charge is 0.220 e. The SMILES string of the molecule is CCOc1ccc(-n2c(C)nnc2S[C@@H](C[N+](=O)[O-])c2cc(Cl)c(OCc3ccc(Cl)cc3)c(OCC)c2)cc1. The highest BCUT2D eigenvalue weighted by Gasteiger charge is 2.26. The van der Waals surface area contributed by atoms with E-state index in [1.807, 2.05) is 61.7 Å². The number of rotatable bonds is 13. The van der Waals surface area contributed by atoms with Gasteiger partial charge in [-0.3, -0.25) is 14.7 Å². The Morgan fingerprint density at radius 3 is 2.33 bits per heavy atom. The fourth-order valence-electron chi connectivity index (χ4n) is 3.96. The minimum absolute atomic E-state index is 0.244. The molecule has 210 valence electrons. The number of aromatic nitrogens is 3. The maximum atomic E-state index is 11.7. The lowest BCUT2D eigenvalue weighted by Gasteiger charge is -2.19. The van der Waals surface area contributed by atoms with E-state index in [9.17, 15) is 10.1 Å². The van der Waals surface area contributed by atoms with E-state index in [1.165, 1.54) is 11.8 Å². The van der Waals surface area contributed by atoms with E-state index < -0.39 is 5.25 Å². The number of hydrogen-bond donors (Lipinski definition) is 0. The Balaban J connectivity index is 1.64. The van der Waals surface area contributed by atoms with Crippen molar-refractivity contribution in [2.45, 2.75) is 37.8 Å². The highest BCUT2D eigenvalue weighted by Crippen LogP contribution is 2.43. The molecule has 0 saturated heterocycles. The molecule has 4 rings (SSSR count). The van der Waals surface area contributed by atoms with Crippen LogP contribution in [0.2, 0.25) is 10.0 Å². The predicted octanol–water partition coefficient (Wildman–Crippen LogP) is 7.37. The number of nitro groups is 1. The maximum Gasteiger partial charge on any atom is 0.220 e. The van der Waals surface area contributed by atoms with Gasteiger partial charge in [-0.05, 0) is 80.4 Å². The lowest BCUT2D eigenvalue weighted by molar-refractivity contribution is -0.479. The third kappa shape index (κ3) is 7.38. The molecule has 0 saturated carbocycles. The summed E-state index contributed by atoms with van der Waals surface area (Å²) in [5.41, 5.74) is 2.32. The number of ether oxygens (including phenoxy) is 3. The number of benzene rings is 3. The van der Waals surface area contributed by atoms with Gasteiger partial charge in [0.2, 0.25) is 6.54 Å². The van der Waals surface area contributed by atoms with Crippen LogP contribution in [-0.4, -0.2) is 39.4 Å². The summed E-state index contributed by atoms with van der Waals surface area (Å²) in [6.07, 6.45) is 0. The standard InChI is InChI=1S/C28H28Cl2N4O5S/c1-4-37-23-12-10-22(11-13-23)34-18(3)31-32-28(34)40-26(16-33(35)36)20-14-24(30)27(25(15-20)38-5-2)39-17-19-6-8-21(29)9-7-19/h6-15,26H,4-5,16-17H2,1-3H3/t26-/m0/s1. The minimum Gasteiger partial charge on any atom is -0.494 e. The van der Waals surface area contributed by atoms with Gasteiger partial charge in [0.05, 0.1) is 18.2 Å². The van der Waals surface area contributed by atoms with Gasteiger partial charge in [-0.15, -0.1) is 10.2 Å². The summed E-state index contributed by atoms with van der Waals surface area (Å²) in [5.74, 6) is 2.15. The molecule has 1 atom stereocenters. The van der Waals surface area contributed by atoms with Crippen LogP contribution in [0.15, 0.2) is 65.8 Å². The fraction of sp³-hybridized carbons (Fsp3) is 0.286. The largest absolute Gasteiger partial charge is 0.494 e. The number of nitrogens with zero attached hydrogens (tertiary/aromatic N) is 4. The fourth-order valence-corrected chi connectivity index (χ4v) is 5.51. The molecule has 0 fully saturated rings. The van der Waals surface area contributed by atoms with Gasteiger partial charge >= 0.3 is 0 Å². The number of halogens is 2. The van der Waals surface area contributed by atoms with Crippen molar-refractivity contribution in [3.63, 3.8) is 0 Å².